The summed E-state index contributed by atoms with van der Waals surface area (Å²) >= 11 is 0. The smallest absolute Gasteiger partial charge is 0.338 e. The van der Waals surface area contributed by atoms with Gasteiger partial charge in [-0.15, -0.1) is 0 Å². The minimum absolute atomic E-state index is 0.0659. The van der Waals surface area contributed by atoms with Crippen LogP contribution in [0.15, 0.2) is 60.7 Å². The highest BCUT2D eigenvalue weighted by Crippen LogP contribution is 2.08. The zero-order chi connectivity index (χ0) is 21.2. The topological polar surface area (TPSA) is 86.7 Å². The van der Waals surface area contributed by atoms with E-state index in [1.165, 1.54) is 13.8 Å². The molecule has 0 spiro atoms. The maximum atomic E-state index is 11.9. The summed E-state index contributed by atoms with van der Waals surface area (Å²) in [5.41, 5.74) is 1.82. The van der Waals surface area contributed by atoms with Crippen LogP contribution >= 0.6 is 0 Å². The highest BCUT2D eigenvalue weighted by Gasteiger charge is 2.08. The monoisotopic (exact) mass is 394 g/mol. The van der Waals surface area contributed by atoms with Crippen LogP contribution in [0.1, 0.15) is 61.7 Å². The Labute approximate surface area is 169 Å². The summed E-state index contributed by atoms with van der Waals surface area (Å²) in [5.74, 6) is -1.08. The Morgan fingerprint density at radius 2 is 1.07 bits per heavy atom. The Morgan fingerprint density at radius 3 is 1.52 bits per heavy atom. The van der Waals surface area contributed by atoms with Crippen LogP contribution in [0.3, 0.4) is 0 Å². The molecule has 2 aromatic rings. The maximum absolute atomic E-state index is 11.9. The molecule has 150 valence electrons. The number of ether oxygens (including phenoxy) is 2. The number of hydrogen-bond donors (Lipinski definition) is 0. The second kappa shape index (κ2) is 10.7. The first-order valence-corrected chi connectivity index (χ1v) is 9.09. The van der Waals surface area contributed by atoms with Gasteiger partial charge in [-0.3, -0.25) is 9.59 Å². The molecule has 6 heteroatoms. The standard InChI is InChI=1S/C23H22O6/c1-16(24)18-6-10-20(11-7-18)22(26)28-14-4-3-5-15-29-23(27)21-12-8-19(9-13-21)17(2)25/h3-4,6-13H,5,14-15H2,1-2H3/b4-3+. The normalized spacial score (nSPS) is 10.6. The van der Waals surface area contributed by atoms with Crippen LogP contribution < -0.4 is 0 Å². The fourth-order valence-electron chi connectivity index (χ4n) is 2.38. The van der Waals surface area contributed by atoms with E-state index in [2.05, 4.69) is 0 Å². The fourth-order valence-corrected chi connectivity index (χ4v) is 2.38. The molecule has 0 aliphatic heterocycles. The van der Waals surface area contributed by atoms with Crippen LogP contribution in [0.25, 0.3) is 0 Å². The van der Waals surface area contributed by atoms with Crippen molar-refractivity contribution in [2.45, 2.75) is 20.3 Å². The van der Waals surface area contributed by atoms with E-state index < -0.39 is 11.9 Å². The van der Waals surface area contributed by atoms with Crippen molar-refractivity contribution in [3.8, 4) is 0 Å². The predicted molar refractivity (Wildman–Crippen MR) is 107 cm³/mol. The molecule has 0 fully saturated rings. The van der Waals surface area contributed by atoms with Crippen molar-refractivity contribution < 1.29 is 28.7 Å². The third kappa shape index (κ3) is 6.84. The van der Waals surface area contributed by atoms with Gasteiger partial charge in [0, 0.05) is 11.1 Å². The molecule has 0 heterocycles. The Hall–Kier alpha value is -3.54. The lowest BCUT2D eigenvalue weighted by molar-refractivity contribution is 0.0511. The largest absolute Gasteiger partial charge is 0.462 e. The van der Waals surface area contributed by atoms with Crippen LogP contribution in [0.2, 0.25) is 0 Å². The van der Waals surface area contributed by atoms with Gasteiger partial charge in [0.1, 0.15) is 6.61 Å². The Balaban J connectivity index is 1.67. The van der Waals surface area contributed by atoms with Crippen molar-refractivity contribution in [3.63, 3.8) is 0 Å². The Morgan fingerprint density at radius 1 is 0.655 bits per heavy atom. The number of Topliss-reactive ketones (excluding diaryl/α,β-unsaturated/α-hetero) is 2. The average Bonchev–Trinajstić information content (AvgIpc) is 2.72. The molecule has 0 aliphatic rings. The van der Waals surface area contributed by atoms with Crippen molar-refractivity contribution in [2.24, 2.45) is 0 Å². The number of carbonyl (C=O) groups excluding carboxylic acids is 4. The van der Waals surface area contributed by atoms with Crippen molar-refractivity contribution in [1.82, 2.24) is 0 Å². The summed E-state index contributed by atoms with van der Waals surface area (Å²) in [5, 5.41) is 0. The van der Waals surface area contributed by atoms with Gasteiger partial charge in [-0.1, -0.05) is 36.4 Å². The van der Waals surface area contributed by atoms with Crippen molar-refractivity contribution in [1.29, 1.82) is 0 Å². The van der Waals surface area contributed by atoms with Gasteiger partial charge < -0.3 is 9.47 Å². The third-order valence-corrected chi connectivity index (χ3v) is 4.05. The van der Waals surface area contributed by atoms with E-state index in [0.717, 1.165) is 0 Å². The van der Waals surface area contributed by atoms with Gasteiger partial charge in [-0.05, 0) is 44.5 Å². The van der Waals surface area contributed by atoms with Gasteiger partial charge in [0.15, 0.2) is 11.6 Å². The molecule has 0 N–H and O–H groups in total. The van der Waals surface area contributed by atoms with Gasteiger partial charge >= 0.3 is 11.9 Å². The van der Waals surface area contributed by atoms with Gasteiger partial charge in [0.25, 0.3) is 0 Å². The second-order valence-corrected chi connectivity index (χ2v) is 6.26. The van der Waals surface area contributed by atoms with E-state index in [1.54, 1.807) is 60.7 Å². The van der Waals surface area contributed by atoms with Crippen LogP contribution in [0.4, 0.5) is 0 Å². The summed E-state index contributed by atoms with van der Waals surface area (Å²) in [6.07, 6.45) is 3.89. The first-order valence-electron chi connectivity index (χ1n) is 9.09. The SMILES string of the molecule is CC(=O)c1ccc(C(=O)OC/C=C/CCOC(=O)c2ccc(C(C)=O)cc2)cc1. The third-order valence-electron chi connectivity index (χ3n) is 4.05. The lowest BCUT2D eigenvalue weighted by Crippen LogP contribution is -2.07. The molecular weight excluding hydrogens is 372 g/mol. The summed E-state index contributed by atoms with van der Waals surface area (Å²) in [4.78, 5) is 46.2. The number of hydrogen-bond acceptors (Lipinski definition) is 6. The summed E-state index contributed by atoms with van der Waals surface area (Å²) in [6, 6.07) is 12.5. The fraction of sp³-hybridized carbons (Fsp3) is 0.217. The zero-order valence-corrected chi connectivity index (χ0v) is 16.3. The van der Waals surface area contributed by atoms with E-state index in [4.69, 9.17) is 9.47 Å². The molecule has 0 saturated heterocycles. The lowest BCUT2D eigenvalue weighted by Gasteiger charge is -2.04. The van der Waals surface area contributed by atoms with Gasteiger partial charge in [-0.2, -0.15) is 0 Å². The molecule has 0 amide bonds. The van der Waals surface area contributed by atoms with E-state index in [1.807, 2.05) is 0 Å². The molecule has 0 aromatic heterocycles. The van der Waals surface area contributed by atoms with E-state index in [9.17, 15) is 19.2 Å². The van der Waals surface area contributed by atoms with Crippen molar-refractivity contribution in [3.05, 3.63) is 82.9 Å². The second-order valence-electron chi connectivity index (χ2n) is 6.26. The Kier molecular flexibility index (Phi) is 8.03. The van der Waals surface area contributed by atoms with Gasteiger partial charge in [-0.25, -0.2) is 9.59 Å². The van der Waals surface area contributed by atoms with Crippen molar-refractivity contribution >= 4 is 23.5 Å². The lowest BCUT2D eigenvalue weighted by atomic mass is 10.1. The van der Waals surface area contributed by atoms with E-state index >= 15 is 0 Å². The molecule has 0 atom stereocenters. The highest BCUT2D eigenvalue weighted by molar-refractivity contribution is 5.96. The van der Waals surface area contributed by atoms with Crippen molar-refractivity contribution in [2.75, 3.05) is 13.2 Å². The maximum Gasteiger partial charge on any atom is 0.338 e. The number of carbonyl (C=O) groups is 4. The van der Waals surface area contributed by atoms with Crippen LogP contribution in [-0.2, 0) is 9.47 Å². The first-order chi connectivity index (χ1) is 13.9. The predicted octanol–water partition coefficient (Wildman–Crippen LogP) is 4.05. The summed E-state index contributed by atoms with van der Waals surface area (Å²) < 4.78 is 10.3. The van der Waals surface area contributed by atoms with E-state index in [-0.39, 0.29) is 24.8 Å². The minimum atomic E-state index is -0.481. The number of rotatable bonds is 9. The number of esters is 2. The molecule has 0 bridgehead atoms. The summed E-state index contributed by atoms with van der Waals surface area (Å²) in [7, 11) is 0. The van der Waals surface area contributed by atoms with E-state index in [0.29, 0.717) is 28.7 Å². The minimum Gasteiger partial charge on any atom is -0.462 e. The summed E-state index contributed by atoms with van der Waals surface area (Å²) in [6.45, 7) is 3.19. The molecule has 2 aromatic carbocycles. The quantitative estimate of drug-likeness (QED) is 0.276. The number of ketones is 2. The number of benzene rings is 2. The first kappa shape index (κ1) is 21.8. The molecule has 0 saturated carbocycles. The molecule has 0 radical (unpaired) electrons. The molecule has 29 heavy (non-hydrogen) atoms. The van der Waals surface area contributed by atoms with Gasteiger partial charge in [0.05, 0.1) is 17.7 Å². The molecular formula is C23H22O6. The highest BCUT2D eigenvalue weighted by atomic mass is 16.5. The van der Waals surface area contributed by atoms with Gasteiger partial charge in [0.2, 0.25) is 0 Å². The Bertz CT molecular complexity index is 907. The van der Waals surface area contributed by atoms with Crippen LogP contribution in [-0.4, -0.2) is 36.7 Å². The molecule has 6 nitrogen and oxygen atoms in total. The average molecular weight is 394 g/mol. The molecule has 2 rings (SSSR count). The van der Waals surface area contributed by atoms with Crippen LogP contribution in [0, 0.1) is 0 Å². The zero-order valence-electron chi connectivity index (χ0n) is 16.3. The molecule has 0 unspecified atom stereocenters. The molecule has 0 aliphatic carbocycles. The van der Waals surface area contributed by atoms with Crippen LogP contribution in [0.5, 0.6) is 0 Å².